The third kappa shape index (κ3) is 5.66. The summed E-state index contributed by atoms with van der Waals surface area (Å²) in [6.45, 7) is 4.78. The number of likely N-dealkylation sites (tertiary alicyclic amines) is 1. The minimum Gasteiger partial charge on any atom is -0.481 e. The minimum absolute atomic E-state index is 0. The Labute approximate surface area is 137 Å². The lowest BCUT2D eigenvalue weighted by Gasteiger charge is -2.29. The molecule has 0 spiro atoms. The SMILES string of the molecule is Cc1ccccc1/C=N/OCCN1CCC[C@@H](C(=O)O)C1.Cl. The van der Waals surface area contributed by atoms with E-state index in [-0.39, 0.29) is 18.3 Å². The highest BCUT2D eigenvalue weighted by Gasteiger charge is 2.24. The topological polar surface area (TPSA) is 62.1 Å². The van der Waals surface area contributed by atoms with Gasteiger partial charge in [-0.2, -0.15) is 0 Å². The first kappa shape index (κ1) is 18.5. The molecule has 0 aliphatic carbocycles. The van der Waals surface area contributed by atoms with Gasteiger partial charge < -0.3 is 9.94 Å². The standard InChI is InChI=1S/C16H22N2O3.ClH/c1-13-5-2-3-6-14(13)11-17-21-10-9-18-8-4-7-15(12-18)16(19)20;/h2-3,5-6,11,15H,4,7-10,12H2,1H3,(H,19,20);1H/b17-11+;/t15-;/m1./s1. The first-order valence-electron chi connectivity index (χ1n) is 7.33. The molecule has 1 N–H and O–H groups in total. The molecule has 1 aliphatic heterocycles. The zero-order chi connectivity index (χ0) is 15.1. The molecule has 0 unspecified atom stereocenters. The summed E-state index contributed by atoms with van der Waals surface area (Å²) < 4.78 is 0. The van der Waals surface area contributed by atoms with Gasteiger partial charge in [0.2, 0.25) is 0 Å². The fraction of sp³-hybridized carbons (Fsp3) is 0.500. The van der Waals surface area contributed by atoms with Crippen molar-refractivity contribution in [2.45, 2.75) is 19.8 Å². The van der Waals surface area contributed by atoms with Crippen molar-refractivity contribution in [3.05, 3.63) is 35.4 Å². The summed E-state index contributed by atoms with van der Waals surface area (Å²) in [7, 11) is 0. The summed E-state index contributed by atoms with van der Waals surface area (Å²) >= 11 is 0. The summed E-state index contributed by atoms with van der Waals surface area (Å²) in [5, 5.41) is 13.0. The highest BCUT2D eigenvalue weighted by molar-refractivity contribution is 5.85. The fourth-order valence-electron chi connectivity index (χ4n) is 2.51. The van der Waals surface area contributed by atoms with Crippen LogP contribution in [-0.2, 0) is 9.63 Å². The summed E-state index contributed by atoms with van der Waals surface area (Å²) in [4.78, 5) is 18.4. The number of carboxylic acids is 1. The van der Waals surface area contributed by atoms with Gasteiger partial charge in [0.25, 0.3) is 0 Å². The molecule has 122 valence electrons. The van der Waals surface area contributed by atoms with Crippen LogP contribution in [0.25, 0.3) is 0 Å². The van der Waals surface area contributed by atoms with E-state index >= 15 is 0 Å². The number of aliphatic carboxylic acids is 1. The highest BCUT2D eigenvalue weighted by atomic mass is 35.5. The highest BCUT2D eigenvalue weighted by Crippen LogP contribution is 2.16. The number of hydrogen-bond donors (Lipinski definition) is 1. The van der Waals surface area contributed by atoms with E-state index in [1.165, 1.54) is 0 Å². The molecule has 1 aromatic rings. The van der Waals surface area contributed by atoms with Gasteiger partial charge in [-0.1, -0.05) is 29.4 Å². The van der Waals surface area contributed by atoms with Gasteiger partial charge in [-0.15, -0.1) is 12.4 Å². The molecule has 0 saturated carbocycles. The van der Waals surface area contributed by atoms with Gasteiger partial charge in [0.05, 0.1) is 12.1 Å². The Morgan fingerprint density at radius 3 is 3.00 bits per heavy atom. The van der Waals surface area contributed by atoms with Gasteiger partial charge >= 0.3 is 5.97 Å². The zero-order valence-electron chi connectivity index (χ0n) is 12.8. The van der Waals surface area contributed by atoms with Crippen molar-refractivity contribution in [3.63, 3.8) is 0 Å². The zero-order valence-corrected chi connectivity index (χ0v) is 13.6. The number of hydrogen-bond acceptors (Lipinski definition) is 4. The predicted octanol–water partition coefficient (Wildman–Crippen LogP) is 2.56. The molecule has 1 saturated heterocycles. The minimum atomic E-state index is -0.696. The normalized spacial score (nSPS) is 18.9. The van der Waals surface area contributed by atoms with E-state index in [2.05, 4.69) is 10.1 Å². The molecule has 0 amide bonds. The van der Waals surface area contributed by atoms with Gasteiger partial charge in [0.1, 0.15) is 6.61 Å². The van der Waals surface area contributed by atoms with E-state index < -0.39 is 5.97 Å². The largest absolute Gasteiger partial charge is 0.481 e. The Kier molecular flexibility index (Phi) is 7.91. The Hall–Kier alpha value is -1.59. The van der Waals surface area contributed by atoms with Crippen LogP contribution in [0.4, 0.5) is 0 Å². The lowest BCUT2D eigenvalue weighted by molar-refractivity contribution is -0.143. The Balaban J connectivity index is 0.00000242. The van der Waals surface area contributed by atoms with Gasteiger partial charge in [-0.3, -0.25) is 9.69 Å². The van der Waals surface area contributed by atoms with E-state index in [0.29, 0.717) is 13.2 Å². The van der Waals surface area contributed by atoms with E-state index in [9.17, 15) is 4.79 Å². The monoisotopic (exact) mass is 326 g/mol. The average Bonchev–Trinajstić information content (AvgIpc) is 2.49. The molecule has 1 aliphatic rings. The first-order valence-corrected chi connectivity index (χ1v) is 7.33. The van der Waals surface area contributed by atoms with Crippen molar-refractivity contribution in [3.8, 4) is 0 Å². The smallest absolute Gasteiger partial charge is 0.307 e. The second-order valence-corrected chi connectivity index (χ2v) is 5.40. The predicted molar refractivity (Wildman–Crippen MR) is 88.8 cm³/mol. The third-order valence-corrected chi connectivity index (χ3v) is 3.81. The molecule has 2 rings (SSSR count). The Bertz CT molecular complexity index is 508. The molecule has 6 heteroatoms. The van der Waals surface area contributed by atoms with Crippen LogP contribution in [0.2, 0.25) is 0 Å². The van der Waals surface area contributed by atoms with Gasteiger partial charge in [-0.25, -0.2) is 0 Å². The van der Waals surface area contributed by atoms with Crippen LogP contribution < -0.4 is 0 Å². The van der Waals surface area contributed by atoms with Crippen LogP contribution in [0, 0.1) is 12.8 Å². The van der Waals surface area contributed by atoms with Crippen LogP contribution in [0.15, 0.2) is 29.4 Å². The number of rotatable bonds is 6. The van der Waals surface area contributed by atoms with Crippen molar-refractivity contribution in [1.29, 1.82) is 0 Å². The van der Waals surface area contributed by atoms with Gasteiger partial charge in [0, 0.05) is 13.1 Å². The van der Waals surface area contributed by atoms with Crippen LogP contribution in [-0.4, -0.2) is 48.4 Å². The number of halogens is 1. The number of piperidine rings is 1. The maximum atomic E-state index is 11.0. The van der Waals surface area contributed by atoms with Crippen LogP contribution in [0.1, 0.15) is 24.0 Å². The summed E-state index contributed by atoms with van der Waals surface area (Å²) in [6.07, 6.45) is 3.42. The molecule has 1 fully saturated rings. The van der Waals surface area contributed by atoms with Crippen molar-refractivity contribution in [1.82, 2.24) is 4.90 Å². The number of oxime groups is 1. The van der Waals surface area contributed by atoms with E-state index in [1.54, 1.807) is 6.21 Å². The van der Waals surface area contributed by atoms with Gasteiger partial charge in [-0.05, 0) is 37.4 Å². The number of carbonyl (C=O) groups is 1. The molecule has 22 heavy (non-hydrogen) atoms. The molecule has 1 atom stereocenters. The summed E-state index contributed by atoms with van der Waals surface area (Å²) in [6, 6.07) is 7.97. The Morgan fingerprint density at radius 1 is 1.50 bits per heavy atom. The first-order chi connectivity index (χ1) is 10.2. The number of carboxylic acid groups (broad SMARTS) is 1. The van der Waals surface area contributed by atoms with Gasteiger partial charge in [0.15, 0.2) is 0 Å². The van der Waals surface area contributed by atoms with E-state index in [1.807, 2.05) is 31.2 Å². The Morgan fingerprint density at radius 2 is 2.27 bits per heavy atom. The molecule has 1 heterocycles. The summed E-state index contributed by atoms with van der Waals surface area (Å²) in [5.41, 5.74) is 2.20. The maximum absolute atomic E-state index is 11.0. The third-order valence-electron chi connectivity index (χ3n) is 3.81. The molecule has 0 aromatic heterocycles. The van der Waals surface area contributed by atoms with Crippen molar-refractivity contribution in [2.24, 2.45) is 11.1 Å². The van der Waals surface area contributed by atoms with Crippen LogP contribution in [0.5, 0.6) is 0 Å². The summed E-state index contributed by atoms with van der Waals surface area (Å²) in [5.74, 6) is -0.938. The molecule has 5 nitrogen and oxygen atoms in total. The molecule has 1 aromatic carbocycles. The maximum Gasteiger partial charge on any atom is 0.307 e. The number of aryl methyl sites for hydroxylation is 1. The number of benzene rings is 1. The van der Waals surface area contributed by atoms with Crippen molar-refractivity contribution >= 4 is 24.6 Å². The second kappa shape index (κ2) is 9.43. The lowest BCUT2D eigenvalue weighted by Crippen LogP contribution is -2.40. The molecule has 0 radical (unpaired) electrons. The fourth-order valence-corrected chi connectivity index (χ4v) is 2.51. The van der Waals surface area contributed by atoms with Crippen molar-refractivity contribution < 1.29 is 14.7 Å². The molecular weight excluding hydrogens is 304 g/mol. The number of nitrogens with zero attached hydrogens (tertiary/aromatic N) is 2. The quantitative estimate of drug-likeness (QED) is 0.496. The van der Waals surface area contributed by atoms with E-state index in [0.717, 1.165) is 37.1 Å². The van der Waals surface area contributed by atoms with Crippen LogP contribution in [0.3, 0.4) is 0 Å². The van der Waals surface area contributed by atoms with E-state index in [4.69, 9.17) is 9.94 Å². The molecule has 0 bridgehead atoms. The lowest BCUT2D eigenvalue weighted by atomic mass is 9.98. The van der Waals surface area contributed by atoms with Crippen molar-refractivity contribution in [2.75, 3.05) is 26.2 Å². The average molecular weight is 327 g/mol. The second-order valence-electron chi connectivity index (χ2n) is 5.40. The van der Waals surface area contributed by atoms with Crippen LogP contribution >= 0.6 is 12.4 Å². The molecular formula is C16H23ClN2O3.